The number of ether oxygens (including phenoxy) is 1. The van der Waals surface area contributed by atoms with Gasteiger partial charge in [-0.25, -0.2) is 0 Å². The topological polar surface area (TPSA) is 107 Å². The van der Waals surface area contributed by atoms with Crippen LogP contribution in [0.4, 0.5) is 5.69 Å². The summed E-state index contributed by atoms with van der Waals surface area (Å²) in [6.07, 6.45) is 2.25. The van der Waals surface area contributed by atoms with Gasteiger partial charge >= 0.3 is 0 Å². The molecule has 0 radical (unpaired) electrons. The Morgan fingerprint density at radius 2 is 1.58 bits per heavy atom. The van der Waals surface area contributed by atoms with Crippen molar-refractivity contribution in [2.45, 2.75) is 12.5 Å². The predicted octanol–water partition coefficient (Wildman–Crippen LogP) is 3.75. The zero-order valence-electron chi connectivity index (χ0n) is 16.6. The number of anilines is 1. The normalized spacial score (nSPS) is 14.4. The summed E-state index contributed by atoms with van der Waals surface area (Å²) in [5, 5.41) is 2.87. The molecule has 5 N–H and O–H groups in total. The Hall–Kier alpha value is -3.61. The van der Waals surface area contributed by atoms with E-state index in [4.69, 9.17) is 16.2 Å². The zero-order chi connectivity index (χ0) is 21.1. The van der Waals surface area contributed by atoms with Gasteiger partial charge in [-0.3, -0.25) is 9.59 Å². The largest absolute Gasteiger partial charge is 0.457 e. The number of fused-ring (bicyclic) bond motifs is 1. The molecule has 1 aliphatic rings. The smallest absolute Gasteiger partial charge is 0.256 e. The Kier molecular flexibility index (Phi) is 6.74. The lowest BCUT2D eigenvalue weighted by Gasteiger charge is -2.09. The summed E-state index contributed by atoms with van der Waals surface area (Å²) in [5.74, 6) is 0.716. The number of carbonyl (C=O) groups excluding carboxylic acids is 2. The maximum atomic E-state index is 12.2. The highest BCUT2D eigenvalue weighted by Gasteiger charge is 2.23. The standard InChI is InChI=1S/C24H21N3O3.ClH/c25-21(23(26)28)14-16-7-11-18(12-8-16)30-17-9-5-15(6-10-17)13-20-19-3-1-2-4-22(19)27-24(20)29;/h1-13,21H,14,25H2,(H2,26,28)(H,27,29);1H. The molecule has 1 heterocycles. The maximum absolute atomic E-state index is 12.2. The predicted molar refractivity (Wildman–Crippen MR) is 124 cm³/mol. The van der Waals surface area contributed by atoms with Crippen LogP contribution in [0.2, 0.25) is 0 Å². The molecule has 0 aromatic heterocycles. The lowest BCUT2D eigenvalue weighted by molar-refractivity contribution is -0.119. The Morgan fingerprint density at radius 3 is 2.23 bits per heavy atom. The molecular formula is C24H22ClN3O3. The van der Waals surface area contributed by atoms with Gasteiger partial charge in [0.1, 0.15) is 11.5 Å². The summed E-state index contributed by atoms with van der Waals surface area (Å²) in [6, 6.07) is 21.8. The van der Waals surface area contributed by atoms with Gasteiger partial charge in [0.15, 0.2) is 0 Å². The summed E-state index contributed by atoms with van der Waals surface area (Å²) in [6.45, 7) is 0. The van der Waals surface area contributed by atoms with Crippen molar-refractivity contribution in [3.8, 4) is 11.5 Å². The lowest BCUT2D eigenvalue weighted by Crippen LogP contribution is -2.38. The number of hydrogen-bond acceptors (Lipinski definition) is 4. The number of nitrogens with one attached hydrogen (secondary N) is 1. The van der Waals surface area contributed by atoms with E-state index in [1.807, 2.05) is 78.9 Å². The first-order valence-electron chi connectivity index (χ1n) is 9.54. The minimum absolute atomic E-state index is 0. The number of benzene rings is 3. The molecule has 1 unspecified atom stereocenters. The fourth-order valence-electron chi connectivity index (χ4n) is 3.27. The van der Waals surface area contributed by atoms with Crippen molar-refractivity contribution in [3.05, 3.63) is 89.5 Å². The molecular weight excluding hydrogens is 414 g/mol. The van der Waals surface area contributed by atoms with Crippen molar-refractivity contribution in [2.24, 2.45) is 11.5 Å². The van der Waals surface area contributed by atoms with E-state index in [0.29, 0.717) is 23.5 Å². The average Bonchev–Trinajstić information content (AvgIpc) is 3.06. The van der Waals surface area contributed by atoms with Crippen LogP contribution in [0.25, 0.3) is 11.6 Å². The summed E-state index contributed by atoms with van der Waals surface area (Å²) < 4.78 is 5.87. The first kappa shape index (κ1) is 22.1. The number of amides is 2. The summed E-state index contributed by atoms with van der Waals surface area (Å²) >= 11 is 0. The number of halogens is 1. The number of carbonyl (C=O) groups is 2. The van der Waals surface area contributed by atoms with Crippen LogP contribution in [0.15, 0.2) is 72.8 Å². The van der Waals surface area contributed by atoms with Crippen LogP contribution in [0, 0.1) is 0 Å². The van der Waals surface area contributed by atoms with E-state index in [1.54, 1.807) is 0 Å². The second-order valence-corrected chi connectivity index (χ2v) is 7.09. The van der Waals surface area contributed by atoms with E-state index >= 15 is 0 Å². The van der Waals surface area contributed by atoms with Crippen molar-refractivity contribution < 1.29 is 14.3 Å². The van der Waals surface area contributed by atoms with Crippen LogP contribution >= 0.6 is 12.4 Å². The highest BCUT2D eigenvalue weighted by atomic mass is 35.5. The van der Waals surface area contributed by atoms with Gasteiger partial charge in [-0.15, -0.1) is 12.4 Å². The first-order chi connectivity index (χ1) is 14.5. The van der Waals surface area contributed by atoms with Crippen molar-refractivity contribution in [1.29, 1.82) is 0 Å². The van der Waals surface area contributed by atoms with Crippen LogP contribution < -0.4 is 21.5 Å². The Labute approximate surface area is 186 Å². The average molecular weight is 436 g/mol. The zero-order valence-corrected chi connectivity index (χ0v) is 17.4. The Bertz CT molecular complexity index is 1130. The quantitative estimate of drug-likeness (QED) is 0.512. The van der Waals surface area contributed by atoms with Crippen molar-refractivity contribution in [3.63, 3.8) is 0 Å². The van der Waals surface area contributed by atoms with Crippen LogP contribution in [0.3, 0.4) is 0 Å². The third-order valence-electron chi connectivity index (χ3n) is 4.88. The fourth-order valence-corrected chi connectivity index (χ4v) is 3.27. The van der Waals surface area contributed by atoms with E-state index in [0.717, 1.165) is 22.4 Å². The number of rotatable bonds is 6. The molecule has 0 saturated carbocycles. The van der Waals surface area contributed by atoms with E-state index in [9.17, 15) is 9.59 Å². The molecule has 158 valence electrons. The lowest BCUT2D eigenvalue weighted by atomic mass is 10.0. The van der Waals surface area contributed by atoms with Crippen LogP contribution in [0.5, 0.6) is 11.5 Å². The summed E-state index contributed by atoms with van der Waals surface area (Å²) in [7, 11) is 0. The van der Waals surface area contributed by atoms with Crippen molar-refractivity contribution in [2.75, 3.05) is 5.32 Å². The molecule has 0 spiro atoms. The van der Waals surface area contributed by atoms with Gasteiger partial charge in [0.05, 0.1) is 6.04 Å². The van der Waals surface area contributed by atoms with Crippen LogP contribution in [0.1, 0.15) is 16.7 Å². The molecule has 6 nitrogen and oxygen atoms in total. The van der Waals surface area contributed by atoms with Gasteiger partial charge in [-0.1, -0.05) is 42.5 Å². The molecule has 0 bridgehead atoms. The van der Waals surface area contributed by atoms with E-state index < -0.39 is 11.9 Å². The molecule has 0 saturated heterocycles. The molecule has 0 aliphatic carbocycles. The third kappa shape index (κ3) is 5.12. The molecule has 3 aromatic carbocycles. The van der Waals surface area contributed by atoms with Gasteiger partial charge in [0.25, 0.3) is 5.91 Å². The van der Waals surface area contributed by atoms with Gasteiger partial charge in [-0.05, 0) is 54.0 Å². The minimum atomic E-state index is -0.702. The molecule has 7 heteroatoms. The van der Waals surface area contributed by atoms with Crippen LogP contribution in [-0.4, -0.2) is 17.9 Å². The first-order valence-corrected chi connectivity index (χ1v) is 9.54. The van der Waals surface area contributed by atoms with Crippen molar-refractivity contribution >= 4 is 41.6 Å². The van der Waals surface area contributed by atoms with Gasteiger partial charge in [0, 0.05) is 16.8 Å². The van der Waals surface area contributed by atoms with Gasteiger partial charge < -0.3 is 21.5 Å². The number of nitrogens with two attached hydrogens (primary N) is 2. The molecule has 3 aromatic rings. The third-order valence-corrected chi connectivity index (χ3v) is 4.88. The Morgan fingerprint density at radius 1 is 0.968 bits per heavy atom. The van der Waals surface area contributed by atoms with Gasteiger partial charge in [0.2, 0.25) is 5.91 Å². The summed E-state index contributed by atoms with van der Waals surface area (Å²) in [5.41, 5.74) is 15.1. The Balaban J connectivity index is 0.00000272. The highest BCUT2D eigenvalue weighted by molar-refractivity contribution is 6.34. The van der Waals surface area contributed by atoms with E-state index in [2.05, 4.69) is 5.32 Å². The SMILES string of the molecule is Cl.NC(=O)C(N)Cc1ccc(Oc2ccc(C=C3C(=O)Nc4ccccc43)cc2)cc1. The second kappa shape index (κ2) is 9.47. The maximum Gasteiger partial charge on any atom is 0.256 e. The van der Waals surface area contributed by atoms with E-state index in [1.165, 1.54) is 0 Å². The monoisotopic (exact) mass is 435 g/mol. The molecule has 2 amide bonds. The number of primary amides is 1. The number of para-hydroxylation sites is 1. The van der Waals surface area contributed by atoms with Crippen molar-refractivity contribution in [1.82, 2.24) is 0 Å². The second-order valence-electron chi connectivity index (χ2n) is 7.09. The molecule has 4 rings (SSSR count). The van der Waals surface area contributed by atoms with E-state index in [-0.39, 0.29) is 18.3 Å². The summed E-state index contributed by atoms with van der Waals surface area (Å²) in [4.78, 5) is 23.3. The number of hydrogen-bond donors (Lipinski definition) is 3. The highest BCUT2D eigenvalue weighted by Crippen LogP contribution is 2.33. The molecule has 1 atom stereocenters. The fraction of sp³-hybridized carbons (Fsp3) is 0.0833. The van der Waals surface area contributed by atoms with Crippen LogP contribution in [-0.2, 0) is 16.0 Å². The molecule has 0 fully saturated rings. The molecule has 1 aliphatic heterocycles. The molecule has 31 heavy (non-hydrogen) atoms. The minimum Gasteiger partial charge on any atom is -0.457 e. The van der Waals surface area contributed by atoms with Gasteiger partial charge in [-0.2, -0.15) is 0 Å².